The van der Waals surface area contributed by atoms with Gasteiger partial charge in [-0.2, -0.15) is 0 Å². The van der Waals surface area contributed by atoms with Gasteiger partial charge in [-0.05, 0) is 0 Å². The Bertz CT molecular complexity index is 1080. The molecule has 0 aliphatic rings. The van der Waals surface area contributed by atoms with Gasteiger partial charge in [0.1, 0.15) is 0 Å². The van der Waals surface area contributed by atoms with E-state index in [0.29, 0.717) is 5.92 Å². The monoisotopic (exact) mass is 784 g/mol. The van der Waals surface area contributed by atoms with Gasteiger partial charge < -0.3 is 14.1 Å². The summed E-state index contributed by atoms with van der Waals surface area (Å²) in [4.78, 5) is 0. The van der Waals surface area contributed by atoms with E-state index in [-0.39, 0.29) is 35.3 Å². The Morgan fingerprint density at radius 1 is 0.619 bits per heavy atom. The number of aryl methyl sites for hydroxylation is 1. The fraction of sp³-hybridized carbons (Fsp3) is 0.455. The van der Waals surface area contributed by atoms with Gasteiger partial charge in [0.25, 0.3) is 0 Å². The van der Waals surface area contributed by atoms with Crippen LogP contribution >= 0.6 is 7.54 Å². The van der Waals surface area contributed by atoms with E-state index in [1.807, 2.05) is 0 Å². The van der Waals surface area contributed by atoms with Crippen molar-refractivity contribution < 1.29 is 101 Å². The van der Waals surface area contributed by atoms with Gasteiger partial charge in [0.2, 0.25) is 0 Å². The van der Waals surface area contributed by atoms with Gasteiger partial charge in [-0.3, -0.25) is 0 Å². The minimum absolute atomic E-state index is 0. The van der Waals surface area contributed by atoms with Crippen molar-refractivity contribution in [1.82, 2.24) is 0 Å². The summed E-state index contributed by atoms with van der Waals surface area (Å²) in [6, 6.07) is 18.1. The van der Waals surface area contributed by atoms with Crippen molar-refractivity contribution in [1.29, 1.82) is 0 Å². The summed E-state index contributed by atoms with van der Waals surface area (Å²) in [7, 11) is -11.5. The molecule has 0 N–H and O–H groups in total. The number of hydrogen-bond acceptors (Lipinski definition) is 0. The number of halogens is 19. The third-order valence-electron chi connectivity index (χ3n) is 5.04. The first-order valence-electron chi connectivity index (χ1n) is 10.4. The molecule has 0 nitrogen and oxygen atoms in total. The fourth-order valence-electron chi connectivity index (χ4n) is 2.55. The van der Waals surface area contributed by atoms with E-state index in [9.17, 15) is 65.3 Å². The third-order valence-corrected chi connectivity index (χ3v) is 10.1. The Labute approximate surface area is 237 Å². The van der Waals surface area contributed by atoms with E-state index >= 15 is 0 Å². The van der Waals surface area contributed by atoms with Gasteiger partial charge in [0.05, 0.1) is 0 Å². The molecule has 0 bridgehead atoms. The molecular formula is C22H20F18IP-4. The second-order valence-electron chi connectivity index (χ2n) is 8.33. The van der Waals surface area contributed by atoms with Gasteiger partial charge in [0.15, 0.2) is 0 Å². The molecule has 0 spiro atoms. The van der Waals surface area contributed by atoms with Gasteiger partial charge >= 0.3 is 224 Å². The quantitative estimate of drug-likeness (QED) is 0.164. The molecule has 0 aliphatic heterocycles. The van der Waals surface area contributed by atoms with E-state index in [1.54, 1.807) is 0 Å². The first-order valence-corrected chi connectivity index (χ1v) is 14.4. The number of benzene rings is 2. The topological polar surface area (TPSA) is 0 Å². The maximum absolute atomic E-state index is 12.6. The van der Waals surface area contributed by atoms with Gasteiger partial charge in [-0.15, -0.1) is 0 Å². The summed E-state index contributed by atoms with van der Waals surface area (Å²) in [5, 5.41) is 0. The van der Waals surface area contributed by atoms with Crippen LogP contribution in [0.2, 0.25) is 0 Å². The SMILES string of the molecule is Cc1ccc([I-]c2ccc(C(C)C)cc2)cc1.FC(F)C(F)(F)C(F)(F)C(F)(F)P(F)(F)(F)C(F)(F)C(F)F.[F-].[F-].[F-]. The zero-order chi connectivity index (χ0) is 30.9. The molecule has 0 unspecified atom stereocenters. The Kier molecular flexibility index (Phi) is 15.9. The number of rotatable bonds is 9. The maximum Gasteiger partial charge on any atom is -1.00 e. The molecule has 42 heavy (non-hydrogen) atoms. The zero-order valence-electron chi connectivity index (χ0n) is 21.0. The molecule has 0 fully saturated rings. The van der Waals surface area contributed by atoms with Crippen LogP contribution in [0.1, 0.15) is 30.9 Å². The van der Waals surface area contributed by atoms with Crippen LogP contribution in [0.25, 0.3) is 0 Å². The first kappa shape index (κ1) is 44.8. The smallest absolute Gasteiger partial charge is 1.00 e. The molecule has 0 atom stereocenters. The van der Waals surface area contributed by atoms with Gasteiger partial charge in [-0.25, -0.2) is 0 Å². The standard InChI is InChI=1S/C16H18I.C6H2F15P.3FH/c1-12(2)14-6-10-16(11-7-14)17-15-8-4-13(3)5-9-15;7-1(8)3(11,12)5(15,16)6(17,18)22(19,20,21)4(13,14)2(9)10;;;/h4-12H,1-3H3;1-2H;3*1H/q-1;;;;/p-3. The number of alkyl halides is 12. The molecule has 2 aromatic rings. The van der Waals surface area contributed by atoms with Crippen LogP contribution in [0.4, 0.5) is 65.3 Å². The molecule has 0 aromatic heterocycles. The van der Waals surface area contributed by atoms with Crippen LogP contribution in [-0.4, -0.2) is 36.0 Å². The Morgan fingerprint density at radius 3 is 1.29 bits per heavy atom. The van der Waals surface area contributed by atoms with E-state index < -0.39 is 43.6 Å². The largest absolute Gasteiger partial charge is 1.00 e. The zero-order valence-corrected chi connectivity index (χ0v) is 24.0. The van der Waals surface area contributed by atoms with Crippen molar-refractivity contribution in [2.75, 3.05) is 0 Å². The Balaban J connectivity index is -0.000000690. The van der Waals surface area contributed by atoms with Crippen LogP contribution in [-0.2, 0) is 0 Å². The van der Waals surface area contributed by atoms with E-state index in [4.69, 9.17) is 0 Å². The van der Waals surface area contributed by atoms with Gasteiger partial charge in [-0.1, -0.05) is 0 Å². The summed E-state index contributed by atoms with van der Waals surface area (Å²) >= 11 is -0.0167. The predicted molar refractivity (Wildman–Crippen MR) is 111 cm³/mol. The van der Waals surface area contributed by atoms with E-state index in [1.165, 1.54) is 18.3 Å². The van der Waals surface area contributed by atoms with Crippen LogP contribution in [0.3, 0.4) is 0 Å². The Morgan fingerprint density at radius 2 is 0.976 bits per heavy atom. The summed E-state index contributed by atoms with van der Waals surface area (Å²) in [5.74, 6) is -14.9. The van der Waals surface area contributed by atoms with Gasteiger partial charge in [0, 0.05) is 0 Å². The van der Waals surface area contributed by atoms with Crippen molar-refractivity contribution in [3.8, 4) is 0 Å². The molecule has 0 aliphatic carbocycles. The second-order valence-corrected chi connectivity index (χ2v) is 14.1. The summed E-state index contributed by atoms with van der Waals surface area (Å²) in [5.41, 5.74) is -13.5. The first-order chi connectivity index (χ1) is 17.3. The molecule has 0 radical (unpaired) electrons. The van der Waals surface area contributed by atoms with E-state index in [0.717, 1.165) is 0 Å². The third kappa shape index (κ3) is 8.28. The molecule has 0 saturated heterocycles. The molecule has 20 heteroatoms. The normalized spacial score (nSPS) is 13.8. The molecular weight excluding hydrogens is 764 g/mol. The molecule has 0 heterocycles. The minimum Gasteiger partial charge on any atom is -1.00 e. The van der Waals surface area contributed by atoms with Crippen molar-refractivity contribution in [3.63, 3.8) is 0 Å². The molecule has 2 aromatic carbocycles. The van der Waals surface area contributed by atoms with Crippen molar-refractivity contribution >= 4 is 7.54 Å². The average Bonchev–Trinajstić information content (AvgIpc) is 2.80. The summed E-state index contributed by atoms with van der Waals surface area (Å²) in [6.45, 7) is 6.62. The number of hydrogen-bond donors (Lipinski definition) is 0. The van der Waals surface area contributed by atoms with Crippen LogP contribution in [0.15, 0.2) is 48.5 Å². The molecule has 2 rings (SSSR count). The van der Waals surface area contributed by atoms with Crippen LogP contribution in [0.5, 0.6) is 0 Å². The van der Waals surface area contributed by atoms with Crippen molar-refractivity contribution in [2.24, 2.45) is 0 Å². The van der Waals surface area contributed by atoms with Crippen LogP contribution < -0.4 is 35.3 Å². The second kappa shape index (κ2) is 14.9. The Hall–Kier alpha value is -1.66. The van der Waals surface area contributed by atoms with Crippen LogP contribution in [0, 0.1) is 14.1 Å². The summed E-state index contributed by atoms with van der Waals surface area (Å²) in [6.07, 6.45) is -11.8. The average molecular weight is 784 g/mol. The van der Waals surface area contributed by atoms with Crippen molar-refractivity contribution in [3.05, 3.63) is 66.8 Å². The van der Waals surface area contributed by atoms with Crippen molar-refractivity contribution in [2.45, 2.75) is 62.7 Å². The minimum atomic E-state index is -11.5. The molecule has 250 valence electrons. The van der Waals surface area contributed by atoms with E-state index in [2.05, 4.69) is 69.3 Å². The fourth-order valence-corrected chi connectivity index (χ4v) is 6.01. The molecule has 0 saturated carbocycles. The summed E-state index contributed by atoms with van der Waals surface area (Å²) < 4.78 is 186. The maximum atomic E-state index is 12.6. The predicted octanol–water partition coefficient (Wildman–Crippen LogP) is -1.56. The molecule has 0 amide bonds.